The number of nitrogens with zero attached hydrogens (tertiary/aromatic N) is 2. The molecule has 0 saturated carbocycles. The minimum atomic E-state index is -4.29. The third-order valence-electron chi connectivity index (χ3n) is 2.97. The predicted molar refractivity (Wildman–Crippen MR) is 62.2 cm³/mol. The Hall–Kier alpha value is -1.78. The van der Waals surface area contributed by atoms with Gasteiger partial charge in [-0.2, -0.15) is 13.2 Å². The second-order valence-electron chi connectivity index (χ2n) is 4.22. The van der Waals surface area contributed by atoms with E-state index in [0.717, 1.165) is 5.56 Å². The third kappa shape index (κ3) is 2.39. The lowest BCUT2D eigenvalue weighted by molar-refractivity contribution is -0.138. The van der Waals surface area contributed by atoms with Crippen molar-refractivity contribution in [2.24, 2.45) is 0 Å². The molecule has 96 valence electrons. The van der Waals surface area contributed by atoms with Crippen LogP contribution in [0.5, 0.6) is 0 Å². The summed E-state index contributed by atoms with van der Waals surface area (Å²) < 4.78 is 39.9. The van der Waals surface area contributed by atoms with Crippen LogP contribution in [-0.2, 0) is 12.7 Å². The maximum Gasteiger partial charge on any atom is 0.418 e. The van der Waals surface area contributed by atoms with Gasteiger partial charge in [-0.3, -0.25) is 4.98 Å². The van der Waals surface area contributed by atoms with Gasteiger partial charge in [0.25, 0.3) is 0 Å². The number of alkyl halides is 3. The number of halogens is 3. The van der Waals surface area contributed by atoms with Gasteiger partial charge < -0.3 is 4.57 Å². The first-order chi connectivity index (χ1) is 8.39. The molecule has 0 radical (unpaired) electrons. The van der Waals surface area contributed by atoms with Crippen LogP contribution in [0.2, 0.25) is 0 Å². The van der Waals surface area contributed by atoms with Crippen molar-refractivity contribution in [3.63, 3.8) is 0 Å². The fraction of sp³-hybridized carbons (Fsp3) is 0.308. The summed E-state index contributed by atoms with van der Waals surface area (Å²) in [5.74, 6) is 0. The maximum atomic E-state index is 12.8. The zero-order valence-corrected chi connectivity index (χ0v) is 10.1. The second kappa shape index (κ2) is 4.48. The van der Waals surface area contributed by atoms with Gasteiger partial charge in [0, 0.05) is 30.3 Å². The molecule has 0 aliphatic carbocycles. The molecule has 0 amide bonds. The predicted octanol–water partition coefficient (Wildman–Crippen LogP) is 3.57. The first kappa shape index (κ1) is 12.7. The molecule has 2 nitrogen and oxygen atoms in total. The molecule has 0 saturated heterocycles. The van der Waals surface area contributed by atoms with Crippen molar-refractivity contribution in [1.29, 1.82) is 0 Å². The summed E-state index contributed by atoms with van der Waals surface area (Å²) in [5, 5.41) is 0. The Morgan fingerprint density at radius 3 is 2.28 bits per heavy atom. The Labute approximate surface area is 103 Å². The van der Waals surface area contributed by atoms with E-state index < -0.39 is 11.7 Å². The van der Waals surface area contributed by atoms with Gasteiger partial charge in [0.1, 0.15) is 0 Å². The Morgan fingerprint density at radius 1 is 1.17 bits per heavy atom. The molecular formula is C13H13F3N2. The van der Waals surface area contributed by atoms with Gasteiger partial charge in [-0.1, -0.05) is 0 Å². The van der Waals surface area contributed by atoms with Crippen LogP contribution < -0.4 is 0 Å². The molecule has 18 heavy (non-hydrogen) atoms. The highest BCUT2D eigenvalue weighted by molar-refractivity contribution is 5.30. The van der Waals surface area contributed by atoms with E-state index in [9.17, 15) is 13.2 Å². The molecule has 0 aliphatic heterocycles. The van der Waals surface area contributed by atoms with Crippen LogP contribution in [-0.4, -0.2) is 9.55 Å². The third-order valence-corrected chi connectivity index (χ3v) is 2.97. The molecule has 2 heterocycles. The molecule has 0 atom stereocenters. The van der Waals surface area contributed by atoms with E-state index >= 15 is 0 Å². The van der Waals surface area contributed by atoms with Gasteiger partial charge in [-0.05, 0) is 37.6 Å². The van der Waals surface area contributed by atoms with E-state index in [4.69, 9.17) is 0 Å². The first-order valence-electron chi connectivity index (χ1n) is 5.52. The van der Waals surface area contributed by atoms with Crippen LogP contribution in [0.4, 0.5) is 13.2 Å². The summed E-state index contributed by atoms with van der Waals surface area (Å²) in [7, 11) is 0. The molecular weight excluding hydrogens is 241 g/mol. The van der Waals surface area contributed by atoms with E-state index in [2.05, 4.69) is 4.98 Å². The van der Waals surface area contributed by atoms with Gasteiger partial charge in [-0.25, -0.2) is 0 Å². The number of rotatable bonds is 2. The topological polar surface area (TPSA) is 17.8 Å². The van der Waals surface area contributed by atoms with Crippen LogP contribution in [0.3, 0.4) is 0 Å². The Balaban J connectivity index is 2.38. The summed E-state index contributed by atoms with van der Waals surface area (Å²) in [4.78, 5) is 3.89. The minimum absolute atomic E-state index is 0.247. The molecule has 5 heteroatoms. The van der Waals surface area contributed by atoms with Gasteiger partial charge in [0.15, 0.2) is 0 Å². The molecule has 0 bridgehead atoms. The van der Waals surface area contributed by atoms with Crippen LogP contribution in [0.1, 0.15) is 22.5 Å². The van der Waals surface area contributed by atoms with Crippen molar-refractivity contribution in [2.75, 3.05) is 0 Å². The van der Waals surface area contributed by atoms with Crippen molar-refractivity contribution < 1.29 is 13.2 Å². The van der Waals surface area contributed by atoms with Crippen LogP contribution in [0.25, 0.3) is 0 Å². The lowest BCUT2D eigenvalue weighted by Crippen LogP contribution is -2.09. The second-order valence-corrected chi connectivity index (χ2v) is 4.22. The first-order valence-corrected chi connectivity index (χ1v) is 5.52. The van der Waals surface area contributed by atoms with E-state index in [-0.39, 0.29) is 5.69 Å². The van der Waals surface area contributed by atoms with Crippen molar-refractivity contribution in [3.05, 3.63) is 53.1 Å². The number of hydrogen-bond donors (Lipinski definition) is 0. The molecule has 0 N–H and O–H groups in total. The fourth-order valence-corrected chi connectivity index (χ4v) is 2.00. The molecule has 0 aliphatic rings. The lowest BCUT2D eigenvalue weighted by atomic mass is 10.2. The largest absolute Gasteiger partial charge is 0.418 e. The van der Waals surface area contributed by atoms with Gasteiger partial charge in [0.05, 0.1) is 5.56 Å². The molecule has 0 aromatic carbocycles. The van der Waals surface area contributed by atoms with E-state index in [0.29, 0.717) is 12.2 Å². The number of aryl methyl sites for hydroxylation is 1. The van der Waals surface area contributed by atoms with Crippen LogP contribution in [0.15, 0.2) is 30.6 Å². The van der Waals surface area contributed by atoms with Crippen LogP contribution >= 0.6 is 0 Å². The summed E-state index contributed by atoms with van der Waals surface area (Å²) in [6.07, 6.45) is -1.03. The zero-order chi connectivity index (χ0) is 13.3. The van der Waals surface area contributed by atoms with Crippen molar-refractivity contribution in [3.8, 4) is 0 Å². The normalized spacial score (nSPS) is 11.8. The zero-order valence-electron chi connectivity index (χ0n) is 10.1. The maximum absolute atomic E-state index is 12.8. The Morgan fingerprint density at radius 2 is 1.78 bits per heavy atom. The summed E-state index contributed by atoms with van der Waals surface area (Å²) in [6.45, 7) is 3.61. The summed E-state index contributed by atoms with van der Waals surface area (Å²) >= 11 is 0. The molecule has 2 rings (SSSR count). The Bertz CT molecular complexity index is 541. The highest BCUT2D eigenvalue weighted by Gasteiger charge is 2.34. The molecule has 0 fully saturated rings. The van der Waals surface area contributed by atoms with Gasteiger partial charge in [0.2, 0.25) is 0 Å². The van der Waals surface area contributed by atoms with Crippen molar-refractivity contribution in [1.82, 2.24) is 9.55 Å². The monoisotopic (exact) mass is 254 g/mol. The smallest absolute Gasteiger partial charge is 0.344 e. The molecule has 2 aromatic heterocycles. The van der Waals surface area contributed by atoms with Crippen molar-refractivity contribution in [2.45, 2.75) is 26.6 Å². The fourth-order valence-electron chi connectivity index (χ4n) is 2.00. The van der Waals surface area contributed by atoms with Crippen molar-refractivity contribution >= 4 is 0 Å². The number of aromatic nitrogens is 2. The average molecular weight is 254 g/mol. The summed E-state index contributed by atoms with van der Waals surface area (Å²) in [5.41, 5.74) is 1.23. The van der Waals surface area contributed by atoms with Gasteiger partial charge in [-0.15, -0.1) is 0 Å². The van der Waals surface area contributed by atoms with Gasteiger partial charge >= 0.3 is 6.18 Å². The van der Waals surface area contributed by atoms with E-state index in [1.807, 2.05) is 0 Å². The average Bonchev–Trinajstić information content (AvgIpc) is 2.58. The highest BCUT2D eigenvalue weighted by atomic mass is 19.4. The SMILES string of the molecule is Cc1cc(C(F)(F)F)c(C)n1Cc1ccncc1. The van der Waals surface area contributed by atoms with Crippen LogP contribution in [0, 0.1) is 13.8 Å². The Kier molecular flexibility index (Phi) is 3.15. The summed E-state index contributed by atoms with van der Waals surface area (Å²) in [6, 6.07) is 4.79. The molecule has 0 spiro atoms. The highest BCUT2D eigenvalue weighted by Crippen LogP contribution is 2.33. The molecule has 0 unspecified atom stereocenters. The number of hydrogen-bond acceptors (Lipinski definition) is 1. The molecule has 2 aromatic rings. The number of pyridine rings is 1. The quantitative estimate of drug-likeness (QED) is 0.801. The lowest BCUT2D eigenvalue weighted by Gasteiger charge is -2.11. The standard InChI is InChI=1S/C13H13F3N2/c1-9-7-12(13(14,15)16)10(2)18(9)8-11-3-5-17-6-4-11/h3-7H,8H2,1-2H3. The van der Waals surface area contributed by atoms with E-state index in [1.54, 1.807) is 36.0 Å². The van der Waals surface area contributed by atoms with E-state index in [1.165, 1.54) is 13.0 Å². The minimum Gasteiger partial charge on any atom is -0.344 e.